The Bertz CT molecular complexity index is 1010. The number of hydrogen-bond acceptors (Lipinski definition) is 4. The summed E-state index contributed by atoms with van der Waals surface area (Å²) in [5.41, 5.74) is 0. The minimum atomic E-state index is -4.36. The van der Waals surface area contributed by atoms with E-state index >= 15 is 0 Å². The maximum absolute atomic E-state index is 12.5. The minimum absolute atomic E-state index is 0.271. The van der Waals surface area contributed by atoms with Gasteiger partial charge in [0, 0.05) is 6.42 Å². The number of carbonyl (C=O) groups is 1. The average Bonchev–Trinajstić information content (AvgIpc) is 3.08. The molecule has 1 amide bonds. The zero-order valence-electron chi connectivity index (χ0n) is 32.3. The molecule has 0 aliphatic carbocycles. The summed E-state index contributed by atoms with van der Waals surface area (Å²) in [6.45, 7) is 4.50. The zero-order chi connectivity index (χ0) is 36.8. The van der Waals surface area contributed by atoms with Crippen LogP contribution in [-0.4, -0.2) is 41.9 Å². The standard InChI is InChI=1S/C43H77NO5S/c1-3-5-7-9-11-13-15-17-19-20-21-22-23-24-25-27-29-31-33-35-37-39-43(46)44-41(40-50(47,48)49)42(45)38-36-34-32-30-28-26-18-16-14-12-10-8-6-4-2/h15,17,20-21,23-24,28,30,36,38,41-42,45H,3-14,16,18-19,22,25-27,29,31-35,37,39-40H2,1-2H3,(H,44,46)(H,47,48,49)/b17-15-,21-20-,24-23-,30-28+,38-36+. The highest BCUT2D eigenvalue weighted by Crippen LogP contribution is 2.12. The Morgan fingerprint density at radius 1 is 0.540 bits per heavy atom. The van der Waals surface area contributed by atoms with E-state index in [0.717, 1.165) is 51.4 Å². The molecule has 0 aliphatic heterocycles. The monoisotopic (exact) mass is 720 g/mol. The molecule has 50 heavy (non-hydrogen) atoms. The molecule has 0 aromatic rings. The predicted octanol–water partition coefficient (Wildman–Crippen LogP) is 12.1. The molecule has 7 heteroatoms. The molecule has 6 nitrogen and oxygen atoms in total. The van der Waals surface area contributed by atoms with E-state index in [-0.39, 0.29) is 12.3 Å². The van der Waals surface area contributed by atoms with Crippen LogP contribution >= 0.6 is 0 Å². The van der Waals surface area contributed by atoms with Crippen LogP contribution in [0.3, 0.4) is 0 Å². The van der Waals surface area contributed by atoms with Crippen molar-refractivity contribution in [2.24, 2.45) is 0 Å². The fourth-order valence-electron chi connectivity index (χ4n) is 5.82. The van der Waals surface area contributed by atoms with Gasteiger partial charge >= 0.3 is 0 Å². The molecule has 0 aromatic carbocycles. The number of allylic oxidation sites excluding steroid dienone is 9. The Kier molecular flexibility index (Phi) is 35.4. The van der Waals surface area contributed by atoms with Gasteiger partial charge < -0.3 is 10.4 Å². The summed E-state index contributed by atoms with van der Waals surface area (Å²) in [7, 11) is -4.36. The SMILES string of the molecule is CCCCCCC/C=C\C/C=C\C/C=C\CCCCCCCCC(=O)NC(CS(=O)(=O)O)C(O)/C=C/CC/C=C/CCCCCCCCCC. The van der Waals surface area contributed by atoms with E-state index in [4.69, 9.17) is 0 Å². The summed E-state index contributed by atoms with van der Waals surface area (Å²) in [4.78, 5) is 12.5. The summed E-state index contributed by atoms with van der Waals surface area (Å²) >= 11 is 0. The smallest absolute Gasteiger partial charge is 0.267 e. The van der Waals surface area contributed by atoms with Crippen molar-refractivity contribution in [3.8, 4) is 0 Å². The van der Waals surface area contributed by atoms with Crippen LogP contribution in [0.25, 0.3) is 0 Å². The van der Waals surface area contributed by atoms with E-state index in [1.54, 1.807) is 6.08 Å². The van der Waals surface area contributed by atoms with E-state index in [9.17, 15) is 22.9 Å². The molecule has 0 rings (SSSR count). The molecule has 290 valence electrons. The van der Waals surface area contributed by atoms with E-state index in [1.165, 1.54) is 109 Å². The van der Waals surface area contributed by atoms with E-state index in [2.05, 4.69) is 67.8 Å². The van der Waals surface area contributed by atoms with Crippen LogP contribution in [0.1, 0.15) is 187 Å². The van der Waals surface area contributed by atoms with Gasteiger partial charge in [-0.05, 0) is 70.6 Å². The Morgan fingerprint density at radius 3 is 1.40 bits per heavy atom. The summed E-state index contributed by atoms with van der Waals surface area (Å²) < 4.78 is 32.4. The largest absolute Gasteiger partial charge is 0.387 e. The molecule has 0 saturated heterocycles. The normalized spacial score (nSPS) is 13.9. The second kappa shape index (κ2) is 36.8. The third-order valence-corrected chi connectivity index (χ3v) is 9.70. The second-order valence-electron chi connectivity index (χ2n) is 13.9. The van der Waals surface area contributed by atoms with Crippen LogP contribution in [0, 0.1) is 0 Å². The number of aliphatic hydroxyl groups excluding tert-OH is 1. The van der Waals surface area contributed by atoms with E-state index in [1.807, 2.05) is 0 Å². The van der Waals surface area contributed by atoms with Gasteiger partial charge in [-0.15, -0.1) is 0 Å². The van der Waals surface area contributed by atoms with Crippen molar-refractivity contribution in [3.63, 3.8) is 0 Å². The highest BCUT2D eigenvalue weighted by molar-refractivity contribution is 7.85. The van der Waals surface area contributed by atoms with Crippen LogP contribution in [0.15, 0.2) is 60.8 Å². The first-order valence-corrected chi connectivity index (χ1v) is 22.1. The summed E-state index contributed by atoms with van der Waals surface area (Å²) in [6.07, 6.45) is 50.6. The van der Waals surface area contributed by atoms with Crippen molar-refractivity contribution in [2.75, 3.05) is 5.75 Å². The predicted molar refractivity (Wildman–Crippen MR) is 216 cm³/mol. The molecule has 0 aromatic heterocycles. The van der Waals surface area contributed by atoms with Gasteiger partial charge in [0.1, 0.15) is 0 Å². The van der Waals surface area contributed by atoms with Crippen LogP contribution in [-0.2, 0) is 14.9 Å². The van der Waals surface area contributed by atoms with Crippen LogP contribution in [0.2, 0.25) is 0 Å². The topological polar surface area (TPSA) is 104 Å². The maximum Gasteiger partial charge on any atom is 0.267 e. The zero-order valence-corrected chi connectivity index (χ0v) is 33.1. The third kappa shape index (κ3) is 37.3. The molecule has 0 fully saturated rings. The quantitative estimate of drug-likeness (QED) is 0.0340. The lowest BCUT2D eigenvalue weighted by Crippen LogP contribution is -2.46. The summed E-state index contributed by atoms with van der Waals surface area (Å²) in [5, 5.41) is 13.2. The van der Waals surface area contributed by atoms with Crippen molar-refractivity contribution >= 4 is 16.0 Å². The van der Waals surface area contributed by atoms with Crippen LogP contribution in [0.4, 0.5) is 0 Å². The molecule has 0 radical (unpaired) electrons. The van der Waals surface area contributed by atoms with Crippen molar-refractivity contribution in [3.05, 3.63) is 60.8 Å². The number of aliphatic hydroxyl groups is 1. The minimum Gasteiger partial charge on any atom is -0.387 e. The van der Waals surface area contributed by atoms with Crippen molar-refractivity contribution in [1.29, 1.82) is 0 Å². The van der Waals surface area contributed by atoms with Crippen molar-refractivity contribution in [1.82, 2.24) is 5.32 Å². The van der Waals surface area contributed by atoms with Gasteiger partial charge in [0.15, 0.2) is 0 Å². The first-order valence-electron chi connectivity index (χ1n) is 20.5. The Labute approximate surface area is 309 Å². The number of unbranched alkanes of at least 4 members (excludes halogenated alkanes) is 20. The van der Waals surface area contributed by atoms with Gasteiger partial charge in [0.05, 0.1) is 17.9 Å². The number of amides is 1. The first kappa shape index (κ1) is 48.0. The van der Waals surface area contributed by atoms with Crippen molar-refractivity contribution < 1.29 is 22.9 Å². The molecule has 2 unspecified atom stereocenters. The highest BCUT2D eigenvalue weighted by atomic mass is 32.2. The molecular weight excluding hydrogens is 643 g/mol. The van der Waals surface area contributed by atoms with Gasteiger partial charge in [-0.25, -0.2) is 0 Å². The van der Waals surface area contributed by atoms with Gasteiger partial charge in [-0.1, -0.05) is 171 Å². The second-order valence-corrected chi connectivity index (χ2v) is 15.4. The lowest BCUT2D eigenvalue weighted by atomic mass is 10.1. The summed E-state index contributed by atoms with van der Waals surface area (Å²) in [6, 6.07) is -1.08. The number of nitrogens with one attached hydrogen (secondary N) is 1. The van der Waals surface area contributed by atoms with Crippen LogP contribution in [0.5, 0.6) is 0 Å². The molecule has 0 spiro atoms. The number of hydrogen-bond donors (Lipinski definition) is 3. The highest BCUT2D eigenvalue weighted by Gasteiger charge is 2.24. The lowest BCUT2D eigenvalue weighted by Gasteiger charge is -2.21. The van der Waals surface area contributed by atoms with Gasteiger partial charge in [0.2, 0.25) is 5.91 Å². The van der Waals surface area contributed by atoms with Gasteiger partial charge in [-0.3, -0.25) is 9.35 Å². The molecular formula is C43H77NO5S. The molecule has 3 N–H and O–H groups in total. The van der Waals surface area contributed by atoms with Crippen molar-refractivity contribution in [2.45, 2.75) is 199 Å². The Balaban J connectivity index is 4.00. The van der Waals surface area contributed by atoms with Gasteiger partial charge in [0.25, 0.3) is 10.1 Å². The number of carbonyl (C=O) groups excluding carboxylic acids is 1. The van der Waals surface area contributed by atoms with Crippen LogP contribution < -0.4 is 5.32 Å². The molecule has 0 heterocycles. The molecule has 0 saturated carbocycles. The fraction of sp³-hybridized carbons (Fsp3) is 0.744. The number of rotatable bonds is 36. The fourth-order valence-corrected chi connectivity index (χ4v) is 6.56. The Morgan fingerprint density at radius 2 is 0.920 bits per heavy atom. The van der Waals surface area contributed by atoms with Gasteiger partial charge in [-0.2, -0.15) is 8.42 Å². The lowest BCUT2D eigenvalue weighted by molar-refractivity contribution is -0.122. The Hall–Kier alpha value is -1.96. The maximum atomic E-state index is 12.5. The first-order chi connectivity index (χ1) is 24.3. The summed E-state index contributed by atoms with van der Waals surface area (Å²) in [5.74, 6) is -1.02. The van der Waals surface area contributed by atoms with E-state index < -0.39 is 28.0 Å². The molecule has 0 bridgehead atoms. The third-order valence-electron chi connectivity index (χ3n) is 8.92. The average molecular weight is 720 g/mol. The molecule has 2 atom stereocenters. The molecule has 0 aliphatic rings. The van der Waals surface area contributed by atoms with E-state index in [0.29, 0.717) is 12.8 Å².